The van der Waals surface area contributed by atoms with Gasteiger partial charge in [-0.3, -0.25) is 4.79 Å². The standard InChI is InChI=1S/C18H12O7/c19-10-3-1-7(2-4-13(22)23)14-15-16(24)8-5-11(20)12(21)6-9(8)17(15)25-18(10)14/h1-6,15,17,19-21H,(H,22,23)/b4-2-. The minimum absolute atomic E-state index is 0.120. The minimum Gasteiger partial charge on any atom is -0.504 e. The molecular weight excluding hydrogens is 328 g/mol. The van der Waals surface area contributed by atoms with Crippen LogP contribution in [0, 0.1) is 0 Å². The van der Waals surface area contributed by atoms with Gasteiger partial charge in [0.15, 0.2) is 28.8 Å². The molecule has 2 unspecified atom stereocenters. The average Bonchev–Trinajstić information content (AvgIpc) is 3.06. The molecule has 0 bridgehead atoms. The Kier molecular flexibility index (Phi) is 3.02. The predicted molar refractivity (Wildman–Crippen MR) is 85.0 cm³/mol. The molecule has 0 spiro atoms. The topological polar surface area (TPSA) is 124 Å². The summed E-state index contributed by atoms with van der Waals surface area (Å²) < 4.78 is 5.76. The molecule has 126 valence electrons. The molecule has 4 N–H and O–H groups in total. The van der Waals surface area contributed by atoms with Crippen LogP contribution >= 0.6 is 0 Å². The lowest BCUT2D eigenvalue weighted by atomic mass is 9.90. The highest BCUT2D eigenvalue weighted by Crippen LogP contribution is 2.57. The number of benzene rings is 2. The van der Waals surface area contributed by atoms with Gasteiger partial charge < -0.3 is 25.2 Å². The number of phenolic OH excluding ortho intramolecular Hbond substituents is 3. The van der Waals surface area contributed by atoms with Gasteiger partial charge in [-0.2, -0.15) is 0 Å². The summed E-state index contributed by atoms with van der Waals surface area (Å²) in [5.41, 5.74) is 1.47. The lowest BCUT2D eigenvalue weighted by molar-refractivity contribution is -0.131. The van der Waals surface area contributed by atoms with Crippen LogP contribution in [0.25, 0.3) is 6.08 Å². The number of fused-ring (bicyclic) bond motifs is 5. The summed E-state index contributed by atoms with van der Waals surface area (Å²) in [5, 5.41) is 38.2. The monoisotopic (exact) mass is 340 g/mol. The Balaban J connectivity index is 1.89. The highest BCUT2D eigenvalue weighted by Gasteiger charge is 2.50. The second kappa shape index (κ2) is 5.01. The SMILES string of the molecule is O=C(O)/C=C\c1ccc(O)c2c1C1C(=O)c3cc(O)c(O)cc3C1O2. The zero-order chi connectivity index (χ0) is 17.9. The number of carboxylic acid groups (broad SMARTS) is 1. The van der Waals surface area contributed by atoms with Crippen LogP contribution in [-0.2, 0) is 4.79 Å². The van der Waals surface area contributed by atoms with E-state index in [-0.39, 0.29) is 28.6 Å². The zero-order valence-electron chi connectivity index (χ0n) is 12.6. The normalized spacial score (nSPS) is 20.2. The largest absolute Gasteiger partial charge is 0.504 e. The van der Waals surface area contributed by atoms with Gasteiger partial charge >= 0.3 is 5.97 Å². The minimum atomic E-state index is -1.15. The fraction of sp³-hybridized carbons (Fsp3) is 0.111. The van der Waals surface area contributed by atoms with Gasteiger partial charge in [0.05, 0.1) is 5.92 Å². The molecule has 7 nitrogen and oxygen atoms in total. The van der Waals surface area contributed by atoms with Gasteiger partial charge in [0, 0.05) is 22.8 Å². The van der Waals surface area contributed by atoms with Crippen molar-refractivity contribution in [2.24, 2.45) is 0 Å². The first-order valence-electron chi connectivity index (χ1n) is 7.42. The van der Waals surface area contributed by atoms with Crippen molar-refractivity contribution in [3.8, 4) is 23.0 Å². The number of ether oxygens (including phenoxy) is 1. The van der Waals surface area contributed by atoms with E-state index >= 15 is 0 Å². The molecule has 0 aromatic heterocycles. The first-order chi connectivity index (χ1) is 11.9. The highest BCUT2D eigenvalue weighted by atomic mass is 16.5. The third-order valence-electron chi connectivity index (χ3n) is 4.47. The first-order valence-corrected chi connectivity index (χ1v) is 7.42. The van der Waals surface area contributed by atoms with Crippen molar-refractivity contribution in [3.63, 3.8) is 0 Å². The van der Waals surface area contributed by atoms with Crippen molar-refractivity contribution in [2.75, 3.05) is 0 Å². The molecule has 2 aromatic carbocycles. The van der Waals surface area contributed by atoms with Gasteiger partial charge in [0.25, 0.3) is 0 Å². The molecule has 0 radical (unpaired) electrons. The third-order valence-corrected chi connectivity index (χ3v) is 4.47. The van der Waals surface area contributed by atoms with Gasteiger partial charge in [-0.25, -0.2) is 4.79 Å². The lowest BCUT2D eigenvalue weighted by Gasteiger charge is -2.10. The van der Waals surface area contributed by atoms with E-state index in [1.165, 1.54) is 30.3 Å². The Hall–Kier alpha value is -3.48. The van der Waals surface area contributed by atoms with E-state index in [2.05, 4.69) is 0 Å². The van der Waals surface area contributed by atoms with E-state index < -0.39 is 23.7 Å². The van der Waals surface area contributed by atoms with Crippen LogP contribution in [0.5, 0.6) is 23.0 Å². The molecule has 2 atom stereocenters. The number of hydrogen-bond acceptors (Lipinski definition) is 6. The number of ketones is 1. The van der Waals surface area contributed by atoms with Gasteiger partial charge in [0.1, 0.15) is 6.10 Å². The van der Waals surface area contributed by atoms with Crippen LogP contribution in [0.4, 0.5) is 0 Å². The molecule has 25 heavy (non-hydrogen) atoms. The molecule has 1 heterocycles. The summed E-state index contributed by atoms with van der Waals surface area (Å²) >= 11 is 0. The Labute approximate surface area is 141 Å². The molecule has 0 saturated heterocycles. The van der Waals surface area contributed by atoms with Gasteiger partial charge in [-0.15, -0.1) is 0 Å². The zero-order valence-corrected chi connectivity index (χ0v) is 12.6. The van der Waals surface area contributed by atoms with Gasteiger partial charge in [-0.05, 0) is 29.8 Å². The van der Waals surface area contributed by atoms with E-state index in [0.717, 1.165) is 6.08 Å². The molecular formula is C18H12O7. The lowest BCUT2D eigenvalue weighted by Crippen LogP contribution is -2.09. The van der Waals surface area contributed by atoms with E-state index in [0.29, 0.717) is 16.7 Å². The predicted octanol–water partition coefficient (Wildman–Crippen LogP) is 2.31. The fourth-order valence-corrected chi connectivity index (χ4v) is 3.42. The molecule has 7 heteroatoms. The highest BCUT2D eigenvalue weighted by molar-refractivity contribution is 6.08. The van der Waals surface area contributed by atoms with Crippen molar-refractivity contribution in [1.82, 2.24) is 0 Å². The van der Waals surface area contributed by atoms with Gasteiger partial charge in [-0.1, -0.05) is 6.07 Å². The van der Waals surface area contributed by atoms with Crippen molar-refractivity contribution < 1.29 is 34.8 Å². The summed E-state index contributed by atoms with van der Waals surface area (Å²) in [6.45, 7) is 0. The van der Waals surface area contributed by atoms with Crippen LogP contribution in [0.2, 0.25) is 0 Å². The fourth-order valence-electron chi connectivity index (χ4n) is 3.42. The molecule has 4 rings (SSSR count). The first kappa shape index (κ1) is 15.1. The number of Topliss-reactive ketones (excluding diaryl/α,β-unsaturated/α-hetero) is 1. The smallest absolute Gasteiger partial charge is 0.328 e. The number of phenols is 3. The van der Waals surface area contributed by atoms with Crippen LogP contribution < -0.4 is 4.74 Å². The van der Waals surface area contributed by atoms with Crippen molar-refractivity contribution >= 4 is 17.8 Å². The number of aromatic hydroxyl groups is 3. The molecule has 0 saturated carbocycles. The van der Waals surface area contributed by atoms with E-state index in [1.54, 1.807) is 0 Å². The quantitative estimate of drug-likeness (QED) is 0.488. The Morgan fingerprint density at radius 2 is 1.80 bits per heavy atom. The maximum Gasteiger partial charge on any atom is 0.328 e. The van der Waals surface area contributed by atoms with Crippen molar-refractivity contribution in [2.45, 2.75) is 12.0 Å². The number of carbonyl (C=O) groups is 2. The summed E-state index contributed by atoms with van der Waals surface area (Å²) in [7, 11) is 0. The Morgan fingerprint density at radius 1 is 1.08 bits per heavy atom. The second-order valence-corrected chi connectivity index (χ2v) is 5.90. The summed E-state index contributed by atoms with van der Waals surface area (Å²) in [4.78, 5) is 23.6. The molecule has 1 aliphatic heterocycles. The van der Waals surface area contributed by atoms with E-state index in [9.17, 15) is 24.9 Å². The van der Waals surface area contributed by atoms with Gasteiger partial charge in [0.2, 0.25) is 0 Å². The number of carboxylic acids is 1. The van der Waals surface area contributed by atoms with Crippen LogP contribution in [0.3, 0.4) is 0 Å². The maximum absolute atomic E-state index is 12.8. The number of hydrogen-bond donors (Lipinski definition) is 4. The number of aliphatic carboxylic acids is 1. The molecule has 2 aliphatic rings. The Morgan fingerprint density at radius 3 is 2.52 bits per heavy atom. The molecule has 1 aliphatic carbocycles. The third kappa shape index (κ3) is 2.06. The van der Waals surface area contributed by atoms with E-state index in [1.807, 2.05) is 0 Å². The Bertz CT molecular complexity index is 974. The maximum atomic E-state index is 12.8. The summed E-state index contributed by atoms with van der Waals surface area (Å²) in [6.07, 6.45) is 1.51. The average molecular weight is 340 g/mol. The van der Waals surface area contributed by atoms with Crippen molar-refractivity contribution in [3.05, 3.63) is 52.6 Å². The van der Waals surface area contributed by atoms with Crippen molar-refractivity contribution in [1.29, 1.82) is 0 Å². The summed E-state index contributed by atoms with van der Waals surface area (Å²) in [6, 6.07) is 5.32. The molecule has 0 amide bonds. The van der Waals surface area contributed by atoms with E-state index in [4.69, 9.17) is 9.84 Å². The number of carbonyl (C=O) groups excluding carboxylic acids is 1. The molecule has 0 fully saturated rings. The second-order valence-electron chi connectivity index (χ2n) is 5.90. The van der Waals surface area contributed by atoms with Crippen LogP contribution in [-0.4, -0.2) is 32.2 Å². The number of rotatable bonds is 2. The van der Waals surface area contributed by atoms with Crippen LogP contribution in [0.1, 0.15) is 39.1 Å². The van der Waals surface area contributed by atoms with Crippen LogP contribution in [0.15, 0.2) is 30.3 Å². The summed E-state index contributed by atoms with van der Waals surface area (Å²) in [5.74, 6) is -3.08. The molecule has 2 aromatic rings.